The molecule has 726 valence electrons. The predicted molar refractivity (Wildman–Crippen MR) is 588 cm³/mol. The number of aryl methyl sites for hydroxylation is 14. The summed E-state index contributed by atoms with van der Waals surface area (Å²) in [5, 5.41) is 14.5. The number of hydrogen-bond acceptors (Lipinski definition) is 18. The van der Waals surface area contributed by atoms with Crippen LogP contribution in [0.5, 0.6) is 28.7 Å². The van der Waals surface area contributed by atoms with Crippen LogP contribution in [-0.4, -0.2) is 32.4 Å². The zero-order valence-electron chi connectivity index (χ0n) is 83.0. The normalized spacial score (nSPS) is 15.1. The Labute approximate surface area is 852 Å². The third kappa shape index (κ3) is 16.3. The van der Waals surface area contributed by atoms with Gasteiger partial charge in [-0.3, -0.25) is 24.5 Å². The smallest absolute Gasteiger partial charge is 0.345 e. The minimum atomic E-state index is -0.399. The molecule has 0 saturated heterocycles. The Morgan fingerprint density at radius 3 is 1.20 bits per heavy atom. The Bertz CT molecular complexity index is 8420. The molecular formula is C129H109N7O11. The number of ether oxygens (including phenoxy) is 5. The maximum absolute atomic E-state index is 13.0. The second-order valence-corrected chi connectivity index (χ2v) is 39.8. The highest BCUT2D eigenvalue weighted by atomic mass is 16.5. The summed E-state index contributed by atoms with van der Waals surface area (Å²) in [6.07, 6.45) is 22.7. The quantitative estimate of drug-likeness (QED) is 0.149. The molecule has 20 aromatic rings. The average Bonchev–Trinajstić information content (AvgIpc) is 1.65. The molecular weight excluding hydrogens is 1820 g/mol. The Kier molecular flexibility index (Phi) is 23.3. The first-order valence-corrected chi connectivity index (χ1v) is 51.9. The van der Waals surface area contributed by atoms with Gasteiger partial charge >= 0.3 is 5.97 Å². The number of furan rings is 5. The summed E-state index contributed by atoms with van der Waals surface area (Å²) in [6, 6.07) is 105. The summed E-state index contributed by atoms with van der Waals surface area (Å²) in [5.41, 5.74) is 38.3. The fourth-order valence-corrected chi connectivity index (χ4v) is 23.1. The molecule has 147 heavy (non-hydrogen) atoms. The molecule has 0 bridgehead atoms. The van der Waals surface area contributed by atoms with E-state index in [9.17, 15) is 4.79 Å². The van der Waals surface area contributed by atoms with Gasteiger partial charge in [0.1, 0.15) is 56.6 Å². The molecule has 0 atom stereocenters. The number of benzene rings is 15. The molecule has 18 heteroatoms. The number of esters is 1. The standard InChI is InChI=1S/C28H27NO.C26H23NO2.C26H21NO2.C25H19NO4.C24H19N3O2/c1-19-16-17-27-24(18-19)23-13-6-11-21-9-3-5-14-25(21)29(28(23)30-27)26-15-7-10-20-8-2-4-12-22(20)26;2*1-17-11-14-24-21(16-17)20-13-12-18-6-2-3-9-22(18)27(26(20)29-24)23-10-4-7-19-8-5-15-28-25(19)23;1-15-11-12-21-18(14-15)23-24(29-21)26(19-9-3-2-8-17(19)25(27)30-23)20-10-4-6-16-7-5-13-28-22(16)20;1-15-11-12-21-17(14-15)22-24(29-21)27(19-9-3-2-8-18(19)25-26-22)20-10-4-6-16-7-5-13-28-23(16)20/h3,5,7,9-10,14-18H,2,4,6,8,11-13H2,1H3;2-4,6-7,9-11,14,16H,5,8,12-13,15H2,1H3;2-4,6-7,9-14,16H,5,8,15H2,1H3;2-4,6,8-12,14H,5,7,13H2,1H3;2-4,6,8-12,14H,5,7,13H2,1H3. The van der Waals surface area contributed by atoms with Crippen molar-refractivity contribution in [2.45, 2.75) is 144 Å². The van der Waals surface area contributed by atoms with Gasteiger partial charge in [0.25, 0.3) is 0 Å². The molecule has 9 aliphatic heterocycles. The molecule has 0 spiro atoms. The van der Waals surface area contributed by atoms with E-state index in [2.05, 4.69) is 282 Å². The molecule has 1 aliphatic carbocycles. The van der Waals surface area contributed by atoms with Crippen LogP contribution >= 0.6 is 0 Å². The average molecular weight is 1930 g/mol. The van der Waals surface area contributed by atoms with Crippen molar-refractivity contribution < 1.29 is 50.6 Å². The fraction of sp³-hybridized carbons (Fsp3) is 0.202. The SMILES string of the molecule is Cc1ccc2oc3c(c2c1)C=Cc1ccccc1N3c1cccc2c1OCCC2.Cc1ccc2oc3c(c2c1)CCCc1ccccc1N3c1cccc2c1CCCC2.Cc1ccc2oc3c(c2c1)CCc1ccccc1N3c1cccc2c1OCCC2.Cc1ccc2oc3c(c2c1)N=Nc1ccccc1N3c1cccc2c1OCCC2.Cc1ccc2oc3c(c2c1)OC(=O)c1ccccc1N3c1cccc2c1OCCC2. The lowest BCUT2D eigenvalue weighted by Crippen LogP contribution is -2.18. The van der Waals surface area contributed by atoms with Crippen LogP contribution in [0.3, 0.4) is 0 Å². The van der Waals surface area contributed by atoms with Crippen LogP contribution in [0.25, 0.3) is 67.0 Å². The topological polar surface area (TPSA) is 170 Å². The van der Waals surface area contributed by atoms with Gasteiger partial charge in [0, 0.05) is 32.8 Å². The van der Waals surface area contributed by atoms with Gasteiger partial charge in [0.2, 0.25) is 35.2 Å². The van der Waals surface area contributed by atoms with Crippen molar-refractivity contribution in [2.75, 3.05) is 50.9 Å². The minimum absolute atomic E-state index is 0.399. The lowest BCUT2D eigenvalue weighted by Gasteiger charge is -2.31. The number of carbonyl (C=O) groups excluding carboxylic acids is 1. The number of fused-ring (bicyclic) bond motifs is 25. The van der Waals surface area contributed by atoms with Gasteiger partial charge in [-0.15, -0.1) is 10.2 Å². The predicted octanol–water partition coefficient (Wildman–Crippen LogP) is 34.6. The summed E-state index contributed by atoms with van der Waals surface area (Å²) in [5.74, 6) is 7.68. The van der Waals surface area contributed by atoms with E-state index in [1.165, 1.54) is 114 Å². The Morgan fingerprint density at radius 1 is 0.245 bits per heavy atom. The summed E-state index contributed by atoms with van der Waals surface area (Å²) in [4.78, 5) is 24.0. The zero-order chi connectivity index (χ0) is 98.4. The summed E-state index contributed by atoms with van der Waals surface area (Å²) in [7, 11) is 0. The van der Waals surface area contributed by atoms with Gasteiger partial charge in [-0.25, -0.2) is 4.79 Å². The van der Waals surface area contributed by atoms with Crippen molar-refractivity contribution in [1.29, 1.82) is 0 Å². The van der Waals surface area contributed by atoms with Crippen molar-refractivity contribution in [1.82, 2.24) is 0 Å². The van der Waals surface area contributed by atoms with E-state index in [1.54, 1.807) is 6.07 Å². The van der Waals surface area contributed by atoms with Gasteiger partial charge < -0.3 is 45.8 Å². The van der Waals surface area contributed by atoms with E-state index in [1.807, 2.05) is 96.8 Å². The van der Waals surface area contributed by atoms with Crippen LogP contribution < -0.4 is 48.2 Å². The van der Waals surface area contributed by atoms with Crippen LogP contribution in [0.4, 0.5) is 97.7 Å². The van der Waals surface area contributed by atoms with Gasteiger partial charge in [-0.1, -0.05) is 204 Å². The van der Waals surface area contributed by atoms with Crippen LogP contribution in [0.1, 0.15) is 150 Å². The summed E-state index contributed by atoms with van der Waals surface area (Å²) < 4.78 is 62.7. The van der Waals surface area contributed by atoms with Crippen LogP contribution in [-0.2, 0) is 64.2 Å². The summed E-state index contributed by atoms with van der Waals surface area (Å²) >= 11 is 0. The van der Waals surface area contributed by atoms with E-state index in [0.717, 1.165) is 262 Å². The molecule has 14 heterocycles. The molecule has 0 amide bonds. The minimum Gasteiger partial charge on any atom is -0.491 e. The van der Waals surface area contributed by atoms with Gasteiger partial charge in [-0.2, -0.15) is 0 Å². The number of anilines is 15. The van der Waals surface area contributed by atoms with Crippen molar-refractivity contribution in [3.05, 3.63) is 403 Å². The molecule has 18 nitrogen and oxygen atoms in total. The maximum Gasteiger partial charge on any atom is 0.345 e. The monoisotopic (exact) mass is 1930 g/mol. The molecule has 0 saturated carbocycles. The second kappa shape index (κ2) is 38.0. The Balaban J connectivity index is 0.0000000932. The first-order valence-electron chi connectivity index (χ1n) is 51.9. The third-order valence-corrected chi connectivity index (χ3v) is 30.1. The van der Waals surface area contributed by atoms with Gasteiger partial charge in [0.15, 0.2) is 5.69 Å². The first-order chi connectivity index (χ1) is 72.4. The third-order valence-electron chi connectivity index (χ3n) is 30.1. The summed E-state index contributed by atoms with van der Waals surface area (Å²) in [6.45, 7) is 13.4. The van der Waals surface area contributed by atoms with Crippen LogP contribution in [0.2, 0.25) is 0 Å². The molecule has 0 radical (unpaired) electrons. The van der Waals surface area contributed by atoms with Crippen LogP contribution in [0, 0.1) is 34.6 Å². The van der Waals surface area contributed by atoms with Gasteiger partial charge in [0.05, 0.1) is 99.6 Å². The highest BCUT2D eigenvalue weighted by Crippen LogP contribution is 2.59. The van der Waals surface area contributed by atoms with E-state index in [0.29, 0.717) is 41.0 Å². The highest BCUT2D eigenvalue weighted by molar-refractivity contribution is 6.09. The van der Waals surface area contributed by atoms with E-state index in [4.69, 9.17) is 45.8 Å². The molecule has 5 aromatic heterocycles. The number of carbonyl (C=O) groups is 1. The van der Waals surface area contributed by atoms with Gasteiger partial charge in [-0.05, 0) is 333 Å². The van der Waals surface area contributed by atoms with E-state index < -0.39 is 5.97 Å². The number of hydrogen-bond donors (Lipinski definition) is 0. The molecule has 0 unspecified atom stereocenters. The lowest BCUT2D eigenvalue weighted by atomic mass is 9.89. The number of azo groups is 1. The molecule has 30 rings (SSSR count). The highest BCUT2D eigenvalue weighted by Gasteiger charge is 2.40. The largest absolute Gasteiger partial charge is 0.491 e. The number of nitrogens with zero attached hydrogens (tertiary/aromatic N) is 7. The molecule has 0 fully saturated rings. The molecule has 15 aromatic carbocycles. The van der Waals surface area contributed by atoms with Crippen molar-refractivity contribution in [2.24, 2.45) is 10.2 Å². The Hall–Kier alpha value is -17.0. The van der Waals surface area contributed by atoms with E-state index in [-0.39, 0.29) is 0 Å². The first kappa shape index (κ1) is 90.1. The second-order valence-electron chi connectivity index (χ2n) is 39.8. The number of para-hydroxylation sites is 9. The zero-order valence-corrected chi connectivity index (χ0v) is 83.0. The van der Waals surface area contributed by atoms with E-state index >= 15 is 0 Å². The van der Waals surface area contributed by atoms with Crippen molar-refractivity contribution in [3.63, 3.8) is 0 Å². The molecule has 10 aliphatic rings. The Morgan fingerprint density at radius 2 is 0.619 bits per heavy atom. The fourth-order valence-electron chi connectivity index (χ4n) is 23.1. The van der Waals surface area contributed by atoms with Crippen LogP contribution in [0.15, 0.2) is 336 Å². The maximum atomic E-state index is 13.0. The molecule has 0 N–H and O–H groups in total. The number of rotatable bonds is 5. The van der Waals surface area contributed by atoms with Crippen molar-refractivity contribution in [3.8, 4) is 28.7 Å². The lowest BCUT2D eigenvalue weighted by molar-refractivity contribution is 0.0739. The van der Waals surface area contributed by atoms with Crippen molar-refractivity contribution >= 4 is 171 Å².